The van der Waals surface area contributed by atoms with Gasteiger partial charge in [-0.3, -0.25) is 18.7 Å². The Kier molecular flexibility index (Phi) is 6.32. The van der Waals surface area contributed by atoms with E-state index in [9.17, 15) is 19.5 Å². The highest BCUT2D eigenvalue weighted by Gasteiger charge is 2.14. The summed E-state index contributed by atoms with van der Waals surface area (Å²) < 4.78 is 8.52. The molecule has 0 amide bonds. The molecule has 3 rings (SSSR count). The van der Waals surface area contributed by atoms with Crippen LogP contribution >= 0.6 is 0 Å². The van der Waals surface area contributed by atoms with Crippen molar-refractivity contribution in [3.05, 3.63) is 82.0 Å². The first-order valence-corrected chi connectivity index (χ1v) is 9.58. The number of imidazole rings is 1. The Balaban J connectivity index is 1.70. The van der Waals surface area contributed by atoms with Gasteiger partial charge >= 0.3 is 5.69 Å². The maximum atomic E-state index is 12.8. The lowest BCUT2D eigenvalue weighted by Gasteiger charge is -2.13. The van der Waals surface area contributed by atoms with Crippen LogP contribution in [-0.2, 0) is 6.54 Å². The fourth-order valence-corrected chi connectivity index (χ4v) is 3.18. The van der Waals surface area contributed by atoms with Crippen molar-refractivity contribution in [1.29, 1.82) is 0 Å². The van der Waals surface area contributed by atoms with Gasteiger partial charge < -0.3 is 9.84 Å². The average Bonchev–Trinajstić information content (AvgIpc) is 2.99. The molecule has 0 fully saturated rings. The molecule has 1 aromatic heterocycles. The lowest BCUT2D eigenvalue weighted by Crippen LogP contribution is -2.31. The molecule has 1 heterocycles. The lowest BCUT2D eigenvalue weighted by molar-refractivity contribution is 0.0914. The van der Waals surface area contributed by atoms with Crippen molar-refractivity contribution in [2.75, 3.05) is 6.61 Å². The molecule has 0 saturated heterocycles. The van der Waals surface area contributed by atoms with Crippen LogP contribution in [0.5, 0.6) is 5.75 Å². The largest absolute Gasteiger partial charge is 0.491 e. The van der Waals surface area contributed by atoms with Gasteiger partial charge in [0.05, 0.1) is 12.2 Å². The van der Waals surface area contributed by atoms with Crippen LogP contribution in [0.15, 0.2) is 59.5 Å². The predicted molar refractivity (Wildman–Crippen MR) is 113 cm³/mol. The number of benzene rings is 2. The number of aromatic nitrogens is 2. The molecule has 0 aliphatic rings. The van der Waals surface area contributed by atoms with E-state index >= 15 is 0 Å². The second-order valence-corrected chi connectivity index (χ2v) is 7.19. The van der Waals surface area contributed by atoms with E-state index in [0.29, 0.717) is 28.3 Å². The third kappa shape index (κ3) is 4.75. The van der Waals surface area contributed by atoms with E-state index in [2.05, 4.69) is 0 Å². The molecule has 30 heavy (non-hydrogen) atoms. The van der Waals surface area contributed by atoms with Gasteiger partial charge in [0.1, 0.15) is 18.5 Å². The van der Waals surface area contributed by atoms with Crippen LogP contribution in [0, 0.1) is 6.92 Å². The Morgan fingerprint density at radius 3 is 2.33 bits per heavy atom. The van der Waals surface area contributed by atoms with Crippen molar-refractivity contribution in [3.63, 3.8) is 0 Å². The molecule has 0 aliphatic heterocycles. The first-order valence-electron chi connectivity index (χ1n) is 9.58. The second kappa shape index (κ2) is 8.92. The van der Waals surface area contributed by atoms with Gasteiger partial charge in [0.2, 0.25) is 0 Å². The summed E-state index contributed by atoms with van der Waals surface area (Å²) in [5.41, 5.74) is 2.17. The standard InChI is InChI=1S/C23H24N2O5/c1-15-12-24(23(29)25(15)20-9-7-18(8-10-20)16(2)26)13-21(28)14-30-22-6-4-5-19(11-22)17(3)27/h4-12,21,28H,13-14H2,1-3H3. The molecule has 0 saturated carbocycles. The first kappa shape index (κ1) is 21.3. The van der Waals surface area contributed by atoms with Crippen molar-refractivity contribution in [1.82, 2.24) is 9.13 Å². The second-order valence-electron chi connectivity index (χ2n) is 7.19. The Labute approximate surface area is 174 Å². The molecule has 2 aromatic carbocycles. The highest BCUT2D eigenvalue weighted by atomic mass is 16.5. The molecule has 0 radical (unpaired) electrons. The van der Waals surface area contributed by atoms with Crippen LogP contribution in [0.3, 0.4) is 0 Å². The van der Waals surface area contributed by atoms with Crippen molar-refractivity contribution in [2.24, 2.45) is 0 Å². The Hall–Kier alpha value is -3.45. The zero-order valence-corrected chi connectivity index (χ0v) is 17.2. The van der Waals surface area contributed by atoms with E-state index in [4.69, 9.17) is 4.74 Å². The van der Waals surface area contributed by atoms with Crippen molar-refractivity contribution in [2.45, 2.75) is 33.4 Å². The number of ketones is 2. The molecule has 7 nitrogen and oxygen atoms in total. The Bertz CT molecular complexity index is 1130. The van der Waals surface area contributed by atoms with Gasteiger partial charge in [0, 0.05) is 23.0 Å². The number of aliphatic hydroxyl groups is 1. The smallest absolute Gasteiger partial charge is 0.333 e. The summed E-state index contributed by atoms with van der Waals surface area (Å²) in [6, 6.07) is 13.5. The third-order valence-electron chi connectivity index (χ3n) is 4.75. The molecule has 1 unspecified atom stereocenters. The number of nitrogens with zero attached hydrogens (tertiary/aromatic N) is 2. The van der Waals surface area contributed by atoms with Crippen LogP contribution in [0.1, 0.15) is 40.3 Å². The van der Waals surface area contributed by atoms with Crippen LogP contribution < -0.4 is 10.4 Å². The predicted octanol–water partition coefficient (Wildman–Crippen LogP) is 2.79. The topological polar surface area (TPSA) is 90.5 Å². The quantitative estimate of drug-likeness (QED) is 0.579. The summed E-state index contributed by atoms with van der Waals surface area (Å²) in [7, 11) is 0. The highest BCUT2D eigenvalue weighted by molar-refractivity contribution is 5.94. The molecule has 0 bridgehead atoms. The number of aliphatic hydroxyl groups excluding tert-OH is 1. The van der Waals surface area contributed by atoms with Gasteiger partial charge in [-0.15, -0.1) is 0 Å². The van der Waals surface area contributed by atoms with Gasteiger partial charge in [-0.05, 0) is 57.2 Å². The zero-order valence-electron chi connectivity index (χ0n) is 17.2. The summed E-state index contributed by atoms with van der Waals surface area (Å²) in [5, 5.41) is 10.3. The highest BCUT2D eigenvalue weighted by Crippen LogP contribution is 2.15. The molecular weight excluding hydrogens is 384 g/mol. The minimum atomic E-state index is -0.918. The number of hydrogen-bond donors (Lipinski definition) is 1. The van der Waals surface area contributed by atoms with Crippen LogP contribution in [-0.4, -0.2) is 38.5 Å². The number of carbonyl (C=O) groups excluding carboxylic acids is 2. The van der Waals surface area contributed by atoms with Gasteiger partial charge in [0.25, 0.3) is 0 Å². The molecule has 0 spiro atoms. The maximum Gasteiger partial charge on any atom is 0.333 e. The van der Waals surface area contributed by atoms with E-state index in [1.165, 1.54) is 23.0 Å². The molecule has 3 aromatic rings. The number of ether oxygens (including phenoxy) is 1. The summed E-state index contributed by atoms with van der Waals surface area (Å²) in [6.07, 6.45) is 0.750. The molecule has 0 aliphatic carbocycles. The van der Waals surface area contributed by atoms with Gasteiger partial charge in [-0.25, -0.2) is 4.79 Å². The van der Waals surface area contributed by atoms with Gasteiger partial charge in [-0.1, -0.05) is 12.1 Å². The third-order valence-corrected chi connectivity index (χ3v) is 4.75. The molecule has 156 valence electrons. The number of aryl methyl sites for hydroxylation is 1. The molecule has 1 N–H and O–H groups in total. The van der Waals surface area contributed by atoms with E-state index in [0.717, 1.165) is 0 Å². The van der Waals surface area contributed by atoms with Crippen LogP contribution in [0.2, 0.25) is 0 Å². The average molecular weight is 408 g/mol. The number of hydrogen-bond acceptors (Lipinski definition) is 5. The maximum absolute atomic E-state index is 12.8. The Morgan fingerprint density at radius 2 is 1.70 bits per heavy atom. The van der Waals surface area contributed by atoms with Crippen LogP contribution in [0.25, 0.3) is 5.69 Å². The fourth-order valence-electron chi connectivity index (χ4n) is 3.18. The van der Waals surface area contributed by atoms with Gasteiger partial charge in [0.15, 0.2) is 11.6 Å². The number of rotatable bonds is 8. The minimum Gasteiger partial charge on any atom is -0.491 e. The summed E-state index contributed by atoms with van der Waals surface area (Å²) >= 11 is 0. The van der Waals surface area contributed by atoms with E-state index in [1.54, 1.807) is 61.7 Å². The number of carbonyl (C=O) groups is 2. The van der Waals surface area contributed by atoms with E-state index in [-0.39, 0.29) is 30.4 Å². The molecule has 7 heteroatoms. The first-order chi connectivity index (χ1) is 14.3. The van der Waals surface area contributed by atoms with Crippen molar-refractivity contribution >= 4 is 11.6 Å². The molecular formula is C23H24N2O5. The van der Waals surface area contributed by atoms with Crippen molar-refractivity contribution in [3.8, 4) is 11.4 Å². The summed E-state index contributed by atoms with van der Waals surface area (Å²) in [5.74, 6) is 0.370. The lowest BCUT2D eigenvalue weighted by atomic mass is 10.1. The SMILES string of the molecule is CC(=O)c1ccc(-n2c(C)cn(CC(O)COc3cccc(C(C)=O)c3)c2=O)cc1. The van der Waals surface area contributed by atoms with Crippen molar-refractivity contribution < 1.29 is 19.4 Å². The summed E-state index contributed by atoms with van der Waals surface area (Å²) in [6.45, 7) is 4.80. The zero-order chi connectivity index (χ0) is 21.8. The normalized spacial score (nSPS) is 11.9. The Morgan fingerprint density at radius 1 is 1.03 bits per heavy atom. The van der Waals surface area contributed by atoms with Crippen LogP contribution in [0.4, 0.5) is 0 Å². The summed E-state index contributed by atoms with van der Waals surface area (Å²) in [4.78, 5) is 35.7. The monoisotopic (exact) mass is 408 g/mol. The van der Waals surface area contributed by atoms with Gasteiger partial charge in [-0.2, -0.15) is 0 Å². The van der Waals surface area contributed by atoms with E-state index in [1.807, 2.05) is 0 Å². The van der Waals surface area contributed by atoms with E-state index < -0.39 is 6.10 Å². The minimum absolute atomic E-state index is 0.0225. The fraction of sp³-hybridized carbons (Fsp3) is 0.261. The molecule has 1 atom stereocenters. The number of Topliss-reactive ketones (excluding diaryl/α,β-unsaturated/α-hetero) is 2.